The largest absolute Gasteiger partial charge is 0.450 e. The summed E-state index contributed by atoms with van der Waals surface area (Å²) in [5, 5.41) is 19.9. The van der Waals surface area contributed by atoms with Crippen molar-refractivity contribution in [2.75, 3.05) is 23.8 Å². The maximum Gasteiger partial charge on any atom is 0.410 e. The lowest BCUT2D eigenvalue weighted by Gasteiger charge is -2.16. The predicted molar refractivity (Wildman–Crippen MR) is 120 cm³/mol. The van der Waals surface area contributed by atoms with Gasteiger partial charge in [0.15, 0.2) is 0 Å². The number of rotatable bonds is 8. The average Bonchev–Trinajstić information content (AvgIpc) is 3.20. The Labute approximate surface area is 187 Å². The van der Waals surface area contributed by atoms with E-state index in [-0.39, 0.29) is 19.3 Å². The quantitative estimate of drug-likeness (QED) is 0.434. The van der Waals surface area contributed by atoms with E-state index in [9.17, 15) is 14.1 Å². The second-order valence-electron chi connectivity index (χ2n) is 6.71. The highest BCUT2D eigenvalue weighted by Gasteiger charge is 2.14. The minimum absolute atomic E-state index is 0.0625. The Morgan fingerprint density at radius 1 is 1.31 bits per heavy atom. The molecule has 3 aromatic rings. The van der Waals surface area contributed by atoms with Gasteiger partial charge in [-0.25, -0.2) is 9.78 Å². The molecule has 2 heterocycles. The van der Waals surface area contributed by atoms with E-state index in [4.69, 9.17) is 0 Å². The first-order valence-electron chi connectivity index (χ1n) is 9.81. The van der Waals surface area contributed by atoms with Crippen molar-refractivity contribution in [3.05, 3.63) is 42.7 Å². The number of carbonyl (C=O) groups is 1. The molecule has 32 heavy (non-hydrogen) atoms. The highest BCUT2D eigenvalue weighted by Crippen LogP contribution is 2.27. The van der Waals surface area contributed by atoms with Gasteiger partial charge in [-0.3, -0.25) is 9.04 Å². The lowest BCUT2D eigenvalue weighted by Crippen LogP contribution is -2.21. The van der Waals surface area contributed by atoms with Gasteiger partial charge in [-0.2, -0.15) is 10.1 Å². The molecule has 1 atom stereocenters. The zero-order valence-corrected chi connectivity index (χ0v) is 18.7. The van der Waals surface area contributed by atoms with Crippen molar-refractivity contribution < 1.29 is 18.8 Å². The molecule has 0 saturated carbocycles. The Hall–Kier alpha value is -3.51. The van der Waals surface area contributed by atoms with Crippen LogP contribution >= 0.6 is 0 Å². The molecule has 1 aromatic carbocycles. The van der Waals surface area contributed by atoms with Crippen LogP contribution in [0.3, 0.4) is 0 Å². The number of ether oxygens (including phenoxy) is 1. The summed E-state index contributed by atoms with van der Waals surface area (Å²) in [7, 11) is -0.0344. The first-order valence-corrected chi connectivity index (χ1v) is 10.9. The van der Waals surface area contributed by atoms with E-state index >= 15 is 0 Å². The van der Waals surface area contributed by atoms with Crippen molar-refractivity contribution in [3.63, 3.8) is 0 Å². The molecule has 3 rings (SSSR count). The number of amides is 1. The van der Waals surface area contributed by atoms with E-state index in [1.807, 2.05) is 20.0 Å². The summed E-state index contributed by atoms with van der Waals surface area (Å²) in [6.45, 7) is 3.58. The fourth-order valence-electron chi connectivity index (χ4n) is 2.71. The average molecular weight is 459 g/mol. The number of benzene rings is 1. The molecule has 0 spiro atoms. The van der Waals surface area contributed by atoms with Crippen molar-refractivity contribution in [1.29, 1.82) is 0 Å². The number of aromatic nitrogens is 4. The van der Waals surface area contributed by atoms with E-state index in [0.717, 1.165) is 11.3 Å². The molecule has 12 heteroatoms. The zero-order chi connectivity index (χ0) is 23.1. The fraction of sp³-hybridized carbons (Fsp3) is 0.300. The third kappa shape index (κ3) is 5.80. The van der Waals surface area contributed by atoms with Crippen LogP contribution in [0.4, 0.5) is 22.2 Å². The highest BCUT2D eigenvalue weighted by molar-refractivity contribution is 7.75. The van der Waals surface area contributed by atoms with Gasteiger partial charge in [-0.1, -0.05) is 17.0 Å². The van der Waals surface area contributed by atoms with Crippen LogP contribution in [0.25, 0.3) is 11.3 Å². The van der Waals surface area contributed by atoms with E-state index in [1.54, 1.807) is 48.3 Å². The van der Waals surface area contributed by atoms with Gasteiger partial charge in [0.05, 0.1) is 24.5 Å². The molecule has 1 unspecified atom stereocenters. The van der Waals surface area contributed by atoms with E-state index in [1.165, 1.54) is 0 Å². The summed E-state index contributed by atoms with van der Waals surface area (Å²) in [4.78, 5) is 20.6. The van der Waals surface area contributed by atoms with Crippen LogP contribution in [0, 0.1) is 0 Å². The fourth-order valence-corrected chi connectivity index (χ4v) is 3.37. The lowest BCUT2D eigenvalue weighted by molar-refractivity contribution is 0.164. The molecule has 0 radical (unpaired) electrons. The summed E-state index contributed by atoms with van der Waals surface area (Å²) >= 11 is 0. The second-order valence-corrected chi connectivity index (χ2v) is 7.86. The first-order chi connectivity index (χ1) is 15.4. The number of aryl methyl sites for hydroxylation is 1. The number of carbonyl (C=O) groups excluding carboxylic acids is 1. The molecule has 0 aliphatic carbocycles. The third-order valence-corrected chi connectivity index (χ3v) is 5.27. The topological polar surface area (TPSA) is 144 Å². The van der Waals surface area contributed by atoms with Crippen LogP contribution in [0.2, 0.25) is 0 Å². The Morgan fingerprint density at radius 3 is 2.69 bits per heavy atom. The van der Waals surface area contributed by atoms with Crippen molar-refractivity contribution >= 4 is 34.1 Å². The molecule has 170 valence electrons. The number of nitrogens with zero attached hydrogens (tertiary/aromatic N) is 5. The number of hydrogen-bond acceptors (Lipinski definition) is 10. The maximum atomic E-state index is 12.1. The van der Waals surface area contributed by atoms with Crippen LogP contribution < -0.4 is 10.6 Å². The SMILES string of the molecule is CCOC(=O)N=[S-](=O)c1ccc(Nc2ncc(-c3ccnn3C)c(NC(C)CO)n2)cc1. The van der Waals surface area contributed by atoms with E-state index < -0.39 is 16.7 Å². The molecule has 1 amide bonds. The van der Waals surface area contributed by atoms with Crippen molar-refractivity contribution in [3.8, 4) is 11.3 Å². The van der Waals surface area contributed by atoms with Crippen molar-refractivity contribution in [2.24, 2.45) is 11.4 Å². The minimum Gasteiger partial charge on any atom is -0.450 e. The number of anilines is 3. The number of hydrogen-bond donors (Lipinski definition) is 3. The van der Waals surface area contributed by atoms with Crippen molar-refractivity contribution in [1.82, 2.24) is 19.7 Å². The summed E-state index contributed by atoms with van der Waals surface area (Å²) < 4.78 is 22.0. The van der Waals surface area contributed by atoms with Gasteiger partial charge in [-0.05, 0) is 32.0 Å². The molecule has 11 nitrogen and oxygen atoms in total. The monoisotopic (exact) mass is 458 g/mol. The Morgan fingerprint density at radius 2 is 2.06 bits per heavy atom. The van der Waals surface area contributed by atoms with Gasteiger partial charge in [0.1, 0.15) is 5.82 Å². The van der Waals surface area contributed by atoms with E-state index in [2.05, 4.69) is 34.8 Å². The molecule has 2 aromatic heterocycles. The van der Waals surface area contributed by atoms with E-state index in [0.29, 0.717) is 22.3 Å². The first kappa shape index (κ1) is 23.2. The third-order valence-electron chi connectivity index (χ3n) is 4.28. The van der Waals surface area contributed by atoms with Gasteiger partial charge >= 0.3 is 6.09 Å². The highest BCUT2D eigenvalue weighted by atomic mass is 32.2. The predicted octanol–water partition coefficient (Wildman–Crippen LogP) is 3.08. The van der Waals surface area contributed by atoms with Gasteiger partial charge in [-0.15, -0.1) is 10.6 Å². The van der Waals surface area contributed by atoms with Crippen LogP contribution in [-0.2, 0) is 26.6 Å². The molecular weight excluding hydrogens is 434 g/mol. The summed E-state index contributed by atoms with van der Waals surface area (Å²) in [5.74, 6) is 0.868. The molecular formula is C20H24N7O4S-. The smallest absolute Gasteiger partial charge is 0.410 e. The minimum atomic E-state index is -1.85. The standard InChI is InChI=1S/C20H24N7O4S/c1-4-31-20(29)26-32(30)15-7-5-14(6-8-15)24-19-21-11-16(17-9-10-22-27(17)3)18(25-19)23-13(2)12-28/h5-11,13,28H,4,12H2,1-3H3,(H2,21,23,24,25)/q-1. The summed E-state index contributed by atoms with van der Waals surface area (Å²) in [5.41, 5.74) is 2.21. The molecule has 3 N–H and O–H groups in total. The maximum absolute atomic E-state index is 12.1. The zero-order valence-electron chi connectivity index (χ0n) is 17.8. The van der Waals surface area contributed by atoms with Gasteiger partial charge in [0, 0.05) is 31.2 Å². The Bertz CT molecular complexity index is 1160. The lowest BCUT2D eigenvalue weighted by atomic mass is 10.2. The molecule has 0 bridgehead atoms. The Kier molecular flexibility index (Phi) is 7.73. The number of aliphatic hydroxyl groups is 1. The number of aliphatic hydroxyl groups excluding tert-OH is 1. The normalized spacial score (nSPS) is 12.9. The Balaban J connectivity index is 1.83. The van der Waals surface area contributed by atoms with Crippen LogP contribution in [0.15, 0.2) is 52.0 Å². The van der Waals surface area contributed by atoms with Gasteiger partial charge in [0.25, 0.3) is 0 Å². The summed E-state index contributed by atoms with van der Waals surface area (Å²) in [6.07, 6.45) is 2.48. The van der Waals surface area contributed by atoms with Gasteiger partial charge < -0.3 is 24.7 Å². The second kappa shape index (κ2) is 10.7. The van der Waals surface area contributed by atoms with Crippen LogP contribution in [-0.4, -0.2) is 50.2 Å². The van der Waals surface area contributed by atoms with Crippen LogP contribution in [0.5, 0.6) is 0 Å². The van der Waals surface area contributed by atoms with Crippen LogP contribution in [0.1, 0.15) is 13.8 Å². The molecule has 0 aliphatic heterocycles. The molecule has 0 fully saturated rings. The molecule has 0 aliphatic rings. The van der Waals surface area contributed by atoms with Gasteiger partial charge in [0.2, 0.25) is 5.95 Å². The summed E-state index contributed by atoms with van der Waals surface area (Å²) in [6, 6.07) is 8.14. The van der Waals surface area contributed by atoms with Crippen molar-refractivity contribution in [2.45, 2.75) is 24.8 Å². The molecule has 0 saturated heterocycles. The number of nitrogens with one attached hydrogen (secondary N) is 2.